The minimum atomic E-state index is -0.522. The van der Waals surface area contributed by atoms with Crippen LogP contribution < -0.4 is 4.74 Å². The summed E-state index contributed by atoms with van der Waals surface area (Å²) >= 11 is 0. The predicted molar refractivity (Wildman–Crippen MR) is 65.4 cm³/mol. The first-order chi connectivity index (χ1) is 7.76. The van der Waals surface area contributed by atoms with E-state index in [-0.39, 0.29) is 0 Å². The molecule has 2 heteroatoms. The van der Waals surface area contributed by atoms with Crippen LogP contribution in [0.3, 0.4) is 0 Å². The Balaban J connectivity index is 2.61. The Hall–Kier alpha value is -1.46. The monoisotopic (exact) mass is 218 g/mol. The maximum Gasteiger partial charge on any atom is 0.120 e. The molecule has 0 aliphatic rings. The summed E-state index contributed by atoms with van der Waals surface area (Å²) in [5.74, 6) is 6.57. The molecule has 86 valence electrons. The van der Waals surface area contributed by atoms with E-state index in [0.29, 0.717) is 0 Å². The Morgan fingerprint density at radius 3 is 2.94 bits per heavy atom. The molecule has 0 bridgehead atoms. The Labute approximate surface area is 97.3 Å². The molecule has 1 rings (SSSR count). The third-order valence-electron chi connectivity index (χ3n) is 2.28. The van der Waals surface area contributed by atoms with E-state index in [1.807, 2.05) is 24.3 Å². The third kappa shape index (κ3) is 4.37. The van der Waals surface area contributed by atoms with Crippen molar-refractivity contribution in [3.63, 3.8) is 0 Å². The number of benzene rings is 1. The molecule has 0 aromatic heterocycles. The number of ether oxygens (including phenoxy) is 1. The van der Waals surface area contributed by atoms with E-state index < -0.39 is 6.10 Å². The fourth-order valence-electron chi connectivity index (χ4n) is 1.34. The topological polar surface area (TPSA) is 29.5 Å². The highest BCUT2D eigenvalue weighted by Gasteiger charge is 1.97. The molecule has 0 fully saturated rings. The van der Waals surface area contributed by atoms with E-state index >= 15 is 0 Å². The summed E-state index contributed by atoms with van der Waals surface area (Å²) in [6.45, 7) is 2.10. The second kappa shape index (κ2) is 6.92. The zero-order chi connectivity index (χ0) is 11.8. The van der Waals surface area contributed by atoms with Gasteiger partial charge in [-0.1, -0.05) is 37.7 Å². The average molecular weight is 218 g/mol. The zero-order valence-corrected chi connectivity index (χ0v) is 9.86. The van der Waals surface area contributed by atoms with Gasteiger partial charge >= 0.3 is 0 Å². The molecule has 1 atom stereocenters. The van der Waals surface area contributed by atoms with E-state index in [0.717, 1.165) is 30.6 Å². The highest BCUT2D eigenvalue weighted by Crippen LogP contribution is 2.11. The summed E-state index contributed by atoms with van der Waals surface area (Å²) in [5, 5.41) is 9.56. The van der Waals surface area contributed by atoms with Crippen LogP contribution >= 0.6 is 0 Å². The lowest BCUT2D eigenvalue weighted by Crippen LogP contribution is -2.01. The molecule has 0 saturated heterocycles. The van der Waals surface area contributed by atoms with Crippen LogP contribution in [0.5, 0.6) is 5.75 Å². The van der Waals surface area contributed by atoms with Gasteiger partial charge in [-0.15, -0.1) is 0 Å². The number of rotatable bonds is 4. The summed E-state index contributed by atoms with van der Waals surface area (Å²) < 4.78 is 5.10. The summed E-state index contributed by atoms with van der Waals surface area (Å²) in [7, 11) is 1.63. The Kier molecular flexibility index (Phi) is 5.45. The van der Waals surface area contributed by atoms with Gasteiger partial charge < -0.3 is 9.84 Å². The lowest BCUT2D eigenvalue weighted by atomic mass is 10.1. The van der Waals surface area contributed by atoms with Gasteiger partial charge in [-0.2, -0.15) is 0 Å². The molecule has 0 aliphatic carbocycles. The highest BCUT2D eigenvalue weighted by molar-refractivity contribution is 5.40. The lowest BCUT2D eigenvalue weighted by molar-refractivity contribution is 0.218. The average Bonchev–Trinajstić information content (AvgIpc) is 2.34. The number of methoxy groups -OCH3 is 1. The molecular weight excluding hydrogens is 200 g/mol. The van der Waals surface area contributed by atoms with Gasteiger partial charge in [0.15, 0.2) is 0 Å². The number of unbranched alkanes of at least 4 members (excludes halogenated alkanes) is 1. The van der Waals surface area contributed by atoms with Crippen LogP contribution in [-0.2, 0) is 0 Å². The van der Waals surface area contributed by atoms with Gasteiger partial charge in [0.1, 0.15) is 11.9 Å². The summed E-state index contributed by atoms with van der Waals surface area (Å²) in [6, 6.07) is 7.53. The molecule has 1 aromatic rings. The van der Waals surface area contributed by atoms with Gasteiger partial charge in [0, 0.05) is 5.56 Å². The van der Waals surface area contributed by atoms with Gasteiger partial charge in [-0.3, -0.25) is 0 Å². The van der Waals surface area contributed by atoms with Gasteiger partial charge in [0.25, 0.3) is 0 Å². The van der Waals surface area contributed by atoms with Crippen LogP contribution in [0.25, 0.3) is 0 Å². The van der Waals surface area contributed by atoms with Crippen molar-refractivity contribution in [1.29, 1.82) is 0 Å². The number of hydrogen-bond donors (Lipinski definition) is 1. The fraction of sp³-hybridized carbons (Fsp3) is 0.429. The quantitative estimate of drug-likeness (QED) is 0.787. The first-order valence-corrected chi connectivity index (χ1v) is 5.60. The molecule has 0 spiro atoms. The molecule has 2 nitrogen and oxygen atoms in total. The van der Waals surface area contributed by atoms with Crippen molar-refractivity contribution >= 4 is 0 Å². The van der Waals surface area contributed by atoms with Crippen LogP contribution in [-0.4, -0.2) is 18.3 Å². The van der Waals surface area contributed by atoms with E-state index in [9.17, 15) is 5.11 Å². The standard InChI is InChI=1S/C14H18O2/c1-3-4-7-13(15)10-9-12-6-5-8-14(11-12)16-2/h5-6,8,11,13,15H,3-4,7H2,1-2H3. The molecule has 1 unspecified atom stereocenters. The van der Waals surface area contributed by atoms with Gasteiger partial charge in [-0.05, 0) is 24.6 Å². The van der Waals surface area contributed by atoms with Crippen LogP contribution in [0.4, 0.5) is 0 Å². The maximum atomic E-state index is 9.56. The van der Waals surface area contributed by atoms with Gasteiger partial charge in [0.05, 0.1) is 7.11 Å². The molecular formula is C14H18O2. The lowest BCUT2D eigenvalue weighted by Gasteiger charge is -2.01. The summed E-state index contributed by atoms with van der Waals surface area (Å²) in [4.78, 5) is 0. The molecule has 0 aliphatic heterocycles. The smallest absolute Gasteiger partial charge is 0.120 e. The largest absolute Gasteiger partial charge is 0.497 e. The molecule has 16 heavy (non-hydrogen) atoms. The highest BCUT2D eigenvalue weighted by atomic mass is 16.5. The van der Waals surface area contributed by atoms with E-state index in [1.165, 1.54) is 0 Å². The van der Waals surface area contributed by atoms with Crippen molar-refractivity contribution in [3.05, 3.63) is 29.8 Å². The van der Waals surface area contributed by atoms with Gasteiger partial charge in [0.2, 0.25) is 0 Å². The fourth-order valence-corrected chi connectivity index (χ4v) is 1.34. The van der Waals surface area contributed by atoms with Crippen LogP contribution in [0.2, 0.25) is 0 Å². The van der Waals surface area contributed by atoms with Crippen molar-refractivity contribution in [1.82, 2.24) is 0 Å². The van der Waals surface area contributed by atoms with Crippen LogP contribution in [0, 0.1) is 11.8 Å². The van der Waals surface area contributed by atoms with Crippen LogP contribution in [0.15, 0.2) is 24.3 Å². The van der Waals surface area contributed by atoms with Gasteiger partial charge in [-0.25, -0.2) is 0 Å². The zero-order valence-electron chi connectivity index (χ0n) is 9.86. The molecule has 1 aromatic carbocycles. The Bertz CT molecular complexity index is 374. The Morgan fingerprint density at radius 2 is 2.25 bits per heavy atom. The second-order valence-corrected chi connectivity index (χ2v) is 3.66. The minimum Gasteiger partial charge on any atom is -0.497 e. The van der Waals surface area contributed by atoms with Crippen LogP contribution in [0.1, 0.15) is 31.7 Å². The Morgan fingerprint density at radius 1 is 1.44 bits per heavy atom. The summed E-state index contributed by atoms with van der Waals surface area (Å²) in [6.07, 6.45) is 2.31. The molecule has 0 amide bonds. The van der Waals surface area contributed by atoms with Crippen molar-refractivity contribution < 1.29 is 9.84 Å². The minimum absolute atomic E-state index is 0.522. The van der Waals surface area contributed by atoms with Crippen molar-refractivity contribution in [2.45, 2.75) is 32.3 Å². The van der Waals surface area contributed by atoms with E-state index in [1.54, 1.807) is 7.11 Å². The van der Waals surface area contributed by atoms with E-state index in [4.69, 9.17) is 4.74 Å². The SMILES string of the molecule is CCCCC(O)C#Cc1cccc(OC)c1. The molecule has 0 radical (unpaired) electrons. The second-order valence-electron chi connectivity index (χ2n) is 3.66. The normalized spacial score (nSPS) is 11.4. The van der Waals surface area contributed by atoms with E-state index in [2.05, 4.69) is 18.8 Å². The first kappa shape index (κ1) is 12.6. The first-order valence-electron chi connectivity index (χ1n) is 5.60. The molecule has 0 saturated carbocycles. The maximum absolute atomic E-state index is 9.56. The molecule has 0 heterocycles. The summed E-state index contributed by atoms with van der Waals surface area (Å²) in [5.41, 5.74) is 0.870. The third-order valence-corrected chi connectivity index (χ3v) is 2.28. The van der Waals surface area contributed by atoms with Crippen molar-refractivity contribution in [3.8, 4) is 17.6 Å². The molecule has 1 N–H and O–H groups in total. The number of hydrogen-bond acceptors (Lipinski definition) is 2. The predicted octanol–water partition coefficient (Wildman–Crippen LogP) is 2.60. The van der Waals surface area contributed by atoms with Crippen molar-refractivity contribution in [2.24, 2.45) is 0 Å². The number of aliphatic hydroxyl groups excluding tert-OH is 1. The number of aliphatic hydroxyl groups is 1. The van der Waals surface area contributed by atoms with Crippen molar-refractivity contribution in [2.75, 3.05) is 7.11 Å².